The van der Waals surface area contributed by atoms with Crippen molar-refractivity contribution in [1.29, 1.82) is 0 Å². The summed E-state index contributed by atoms with van der Waals surface area (Å²) in [6.07, 6.45) is 0.633. The van der Waals surface area contributed by atoms with E-state index in [1.807, 2.05) is 30.3 Å². The van der Waals surface area contributed by atoms with Gasteiger partial charge in [-0.2, -0.15) is 0 Å². The van der Waals surface area contributed by atoms with Crippen molar-refractivity contribution in [3.63, 3.8) is 0 Å². The SMILES string of the molecule is NCc1ccccc1CC(=O)Cc1cccc(Cl)c1Cl. The summed E-state index contributed by atoms with van der Waals surface area (Å²) in [6, 6.07) is 13.0. The molecule has 104 valence electrons. The van der Waals surface area contributed by atoms with E-state index >= 15 is 0 Å². The molecule has 20 heavy (non-hydrogen) atoms. The lowest BCUT2D eigenvalue weighted by Crippen LogP contribution is -2.10. The van der Waals surface area contributed by atoms with E-state index in [4.69, 9.17) is 28.9 Å². The molecule has 2 aromatic rings. The second-order valence-corrected chi connectivity index (χ2v) is 5.36. The quantitative estimate of drug-likeness (QED) is 0.913. The molecule has 0 aliphatic carbocycles. The first-order valence-electron chi connectivity index (χ1n) is 6.33. The number of rotatable bonds is 5. The van der Waals surface area contributed by atoms with Gasteiger partial charge in [0.2, 0.25) is 0 Å². The van der Waals surface area contributed by atoms with E-state index in [9.17, 15) is 4.79 Å². The third kappa shape index (κ3) is 3.60. The van der Waals surface area contributed by atoms with Gasteiger partial charge in [-0.1, -0.05) is 59.6 Å². The average molecular weight is 308 g/mol. The van der Waals surface area contributed by atoms with Gasteiger partial charge < -0.3 is 5.73 Å². The number of carbonyl (C=O) groups excluding carboxylic acids is 1. The fourth-order valence-electron chi connectivity index (χ4n) is 2.10. The number of Topliss-reactive ketones (excluding diaryl/α,β-unsaturated/α-hetero) is 1. The molecule has 0 heterocycles. The van der Waals surface area contributed by atoms with Crippen molar-refractivity contribution in [2.24, 2.45) is 5.73 Å². The van der Waals surface area contributed by atoms with Crippen LogP contribution in [-0.2, 0) is 24.2 Å². The second kappa shape index (κ2) is 6.89. The monoisotopic (exact) mass is 307 g/mol. The smallest absolute Gasteiger partial charge is 0.141 e. The van der Waals surface area contributed by atoms with Crippen molar-refractivity contribution < 1.29 is 4.79 Å². The first-order chi connectivity index (χ1) is 9.61. The molecular formula is C16H15Cl2NO. The molecule has 0 fully saturated rings. The number of carbonyl (C=O) groups is 1. The third-order valence-electron chi connectivity index (χ3n) is 3.15. The highest BCUT2D eigenvalue weighted by Crippen LogP contribution is 2.26. The summed E-state index contributed by atoms with van der Waals surface area (Å²) in [4.78, 5) is 12.2. The number of hydrogen-bond acceptors (Lipinski definition) is 2. The molecule has 2 rings (SSSR count). The Morgan fingerprint density at radius 2 is 1.50 bits per heavy atom. The molecule has 0 atom stereocenters. The molecular weight excluding hydrogens is 293 g/mol. The van der Waals surface area contributed by atoms with Crippen LogP contribution in [0.15, 0.2) is 42.5 Å². The number of ketones is 1. The molecule has 0 aromatic heterocycles. The summed E-state index contributed by atoms with van der Waals surface area (Å²) >= 11 is 12.0. The zero-order valence-electron chi connectivity index (χ0n) is 10.9. The Balaban J connectivity index is 2.11. The van der Waals surface area contributed by atoms with Gasteiger partial charge >= 0.3 is 0 Å². The first-order valence-corrected chi connectivity index (χ1v) is 7.09. The van der Waals surface area contributed by atoms with Gasteiger partial charge in [0.05, 0.1) is 10.0 Å². The molecule has 2 N–H and O–H groups in total. The van der Waals surface area contributed by atoms with Gasteiger partial charge in [-0.05, 0) is 22.8 Å². The van der Waals surface area contributed by atoms with Crippen molar-refractivity contribution in [2.75, 3.05) is 0 Å². The highest BCUT2D eigenvalue weighted by Gasteiger charge is 2.11. The van der Waals surface area contributed by atoms with Gasteiger partial charge in [-0.15, -0.1) is 0 Å². The maximum absolute atomic E-state index is 12.2. The predicted octanol–water partition coefficient (Wildman–Crippen LogP) is 3.81. The number of nitrogens with two attached hydrogens (primary N) is 1. The van der Waals surface area contributed by atoms with Crippen molar-refractivity contribution in [3.05, 3.63) is 69.2 Å². The minimum absolute atomic E-state index is 0.0927. The molecule has 0 saturated heterocycles. The first kappa shape index (κ1) is 15.0. The summed E-state index contributed by atoms with van der Waals surface area (Å²) in [7, 11) is 0. The molecule has 4 heteroatoms. The maximum atomic E-state index is 12.2. The summed E-state index contributed by atoms with van der Waals surface area (Å²) < 4.78 is 0. The van der Waals surface area contributed by atoms with Crippen LogP contribution in [0.25, 0.3) is 0 Å². The highest BCUT2D eigenvalue weighted by atomic mass is 35.5. The lowest BCUT2D eigenvalue weighted by Gasteiger charge is -2.08. The van der Waals surface area contributed by atoms with Gasteiger partial charge in [0.25, 0.3) is 0 Å². The van der Waals surface area contributed by atoms with Gasteiger partial charge in [-0.25, -0.2) is 0 Å². The van der Waals surface area contributed by atoms with E-state index in [1.165, 1.54) is 0 Å². The van der Waals surface area contributed by atoms with E-state index < -0.39 is 0 Å². The Morgan fingerprint density at radius 1 is 0.900 bits per heavy atom. The van der Waals surface area contributed by atoms with Crippen LogP contribution in [0.4, 0.5) is 0 Å². The van der Waals surface area contributed by atoms with E-state index in [-0.39, 0.29) is 12.2 Å². The molecule has 0 aliphatic heterocycles. The summed E-state index contributed by atoms with van der Waals surface area (Å²) in [6.45, 7) is 0.432. The van der Waals surface area contributed by atoms with E-state index in [0.29, 0.717) is 23.0 Å². The molecule has 0 bridgehead atoms. The lowest BCUT2D eigenvalue weighted by molar-refractivity contribution is -0.117. The van der Waals surface area contributed by atoms with Crippen LogP contribution >= 0.6 is 23.2 Å². The van der Waals surface area contributed by atoms with Crippen LogP contribution in [0.3, 0.4) is 0 Å². The molecule has 0 unspecified atom stereocenters. The van der Waals surface area contributed by atoms with Crippen LogP contribution in [-0.4, -0.2) is 5.78 Å². The normalized spacial score (nSPS) is 10.6. The van der Waals surface area contributed by atoms with E-state index in [0.717, 1.165) is 16.7 Å². The van der Waals surface area contributed by atoms with Gasteiger partial charge in [-0.3, -0.25) is 4.79 Å². The number of hydrogen-bond donors (Lipinski definition) is 1. The van der Waals surface area contributed by atoms with Crippen molar-refractivity contribution in [3.8, 4) is 0 Å². The Bertz CT molecular complexity index is 626. The molecule has 2 aromatic carbocycles. The average Bonchev–Trinajstić information content (AvgIpc) is 2.44. The largest absolute Gasteiger partial charge is 0.326 e. The third-order valence-corrected chi connectivity index (χ3v) is 4.00. The molecule has 0 aliphatic rings. The van der Waals surface area contributed by atoms with E-state index in [1.54, 1.807) is 12.1 Å². The Labute approximate surface area is 128 Å². The zero-order chi connectivity index (χ0) is 14.5. The van der Waals surface area contributed by atoms with Crippen molar-refractivity contribution in [1.82, 2.24) is 0 Å². The highest BCUT2D eigenvalue weighted by molar-refractivity contribution is 6.42. The molecule has 0 saturated carbocycles. The minimum atomic E-state index is 0.0927. The van der Waals surface area contributed by atoms with Gasteiger partial charge in [0, 0.05) is 19.4 Å². The van der Waals surface area contributed by atoms with Gasteiger partial charge in [0.15, 0.2) is 0 Å². The Hall–Kier alpha value is -1.35. The van der Waals surface area contributed by atoms with Crippen molar-refractivity contribution in [2.45, 2.75) is 19.4 Å². The minimum Gasteiger partial charge on any atom is -0.326 e. The zero-order valence-corrected chi connectivity index (χ0v) is 12.4. The summed E-state index contributed by atoms with van der Waals surface area (Å²) in [5.41, 5.74) is 8.40. The summed E-state index contributed by atoms with van der Waals surface area (Å²) in [5, 5.41) is 0.925. The van der Waals surface area contributed by atoms with Crippen LogP contribution < -0.4 is 5.73 Å². The maximum Gasteiger partial charge on any atom is 0.141 e. The number of halogens is 2. The lowest BCUT2D eigenvalue weighted by atomic mass is 9.99. The van der Waals surface area contributed by atoms with Crippen LogP contribution in [0, 0.1) is 0 Å². The Morgan fingerprint density at radius 3 is 2.20 bits per heavy atom. The van der Waals surface area contributed by atoms with Crippen LogP contribution in [0.2, 0.25) is 10.0 Å². The molecule has 0 spiro atoms. The van der Waals surface area contributed by atoms with Crippen LogP contribution in [0.1, 0.15) is 16.7 Å². The van der Waals surface area contributed by atoms with Crippen molar-refractivity contribution >= 4 is 29.0 Å². The molecule has 2 nitrogen and oxygen atoms in total. The Kier molecular flexibility index (Phi) is 5.18. The number of benzene rings is 2. The summed E-state index contributed by atoms with van der Waals surface area (Å²) in [5.74, 6) is 0.0927. The predicted molar refractivity (Wildman–Crippen MR) is 83.2 cm³/mol. The molecule has 0 radical (unpaired) electrons. The van der Waals surface area contributed by atoms with E-state index in [2.05, 4.69) is 0 Å². The van der Waals surface area contributed by atoms with Crippen LogP contribution in [0.5, 0.6) is 0 Å². The second-order valence-electron chi connectivity index (χ2n) is 4.58. The topological polar surface area (TPSA) is 43.1 Å². The fraction of sp³-hybridized carbons (Fsp3) is 0.188. The standard InChI is InChI=1S/C16H15Cl2NO/c17-15-7-3-6-12(16(15)18)9-14(20)8-11-4-1-2-5-13(11)10-19/h1-7H,8-10,19H2. The molecule has 0 amide bonds. The fourth-order valence-corrected chi connectivity index (χ4v) is 2.49. The van der Waals surface area contributed by atoms with Gasteiger partial charge in [0.1, 0.15) is 5.78 Å².